The Morgan fingerprint density at radius 1 is 0.765 bits per heavy atom. The van der Waals surface area contributed by atoms with Gasteiger partial charge in [-0.25, -0.2) is 0 Å². The fourth-order valence-corrected chi connectivity index (χ4v) is 1.65. The normalized spacial score (nSPS) is 10.4. The number of nitrogen functional groups attached to an aromatic ring is 2. The highest BCUT2D eigenvalue weighted by Crippen LogP contribution is 2.25. The lowest BCUT2D eigenvalue weighted by atomic mass is 10.0. The Balaban J connectivity index is 2.25. The number of rotatable bonds is 2. The minimum Gasteiger partial charge on any atom is -0.506 e. The molecular formula is C13H14N2O2. The third-order valence-corrected chi connectivity index (χ3v) is 2.60. The van der Waals surface area contributed by atoms with Crippen LogP contribution in [-0.2, 0) is 6.42 Å². The maximum absolute atomic E-state index is 9.49. The Labute approximate surface area is 99.1 Å². The van der Waals surface area contributed by atoms with E-state index < -0.39 is 0 Å². The van der Waals surface area contributed by atoms with E-state index in [1.807, 2.05) is 6.07 Å². The highest BCUT2D eigenvalue weighted by atomic mass is 16.3. The van der Waals surface area contributed by atoms with E-state index >= 15 is 0 Å². The summed E-state index contributed by atoms with van der Waals surface area (Å²) in [5.41, 5.74) is 13.7. The Morgan fingerprint density at radius 3 is 2.06 bits per heavy atom. The summed E-state index contributed by atoms with van der Waals surface area (Å²) in [4.78, 5) is 0. The molecule has 4 nitrogen and oxygen atoms in total. The molecule has 2 rings (SSSR count). The minimum absolute atomic E-state index is 0.0777. The lowest BCUT2D eigenvalue weighted by molar-refractivity contribution is 0.476. The number of nitrogens with two attached hydrogens (primary N) is 2. The zero-order chi connectivity index (χ0) is 12.4. The fourth-order valence-electron chi connectivity index (χ4n) is 1.65. The highest BCUT2D eigenvalue weighted by molar-refractivity contribution is 5.56. The Morgan fingerprint density at radius 2 is 1.41 bits per heavy atom. The number of benzene rings is 2. The van der Waals surface area contributed by atoms with Crippen LogP contribution in [0.2, 0.25) is 0 Å². The summed E-state index contributed by atoms with van der Waals surface area (Å²) in [7, 11) is 0. The van der Waals surface area contributed by atoms with Gasteiger partial charge in [0.05, 0.1) is 11.4 Å². The van der Waals surface area contributed by atoms with Crippen molar-refractivity contribution in [2.75, 3.05) is 11.5 Å². The lowest BCUT2D eigenvalue weighted by Crippen LogP contribution is -1.93. The maximum Gasteiger partial charge on any atom is 0.138 e. The average molecular weight is 230 g/mol. The van der Waals surface area contributed by atoms with Gasteiger partial charge in [-0.1, -0.05) is 12.1 Å². The predicted molar refractivity (Wildman–Crippen MR) is 67.8 cm³/mol. The van der Waals surface area contributed by atoms with Gasteiger partial charge in [0.25, 0.3) is 0 Å². The number of phenolic OH excluding ortho intramolecular Hbond substituents is 2. The quantitative estimate of drug-likeness (QED) is 0.468. The summed E-state index contributed by atoms with van der Waals surface area (Å²) in [5.74, 6) is 0.156. The SMILES string of the molecule is Nc1cc(Cc2ccc(N)c(O)c2)ccc1O. The number of aromatic hydroxyl groups is 2. The van der Waals surface area contributed by atoms with Gasteiger partial charge in [-0.2, -0.15) is 0 Å². The number of hydrogen-bond acceptors (Lipinski definition) is 4. The molecule has 0 radical (unpaired) electrons. The molecular weight excluding hydrogens is 216 g/mol. The first-order valence-electron chi connectivity index (χ1n) is 5.21. The summed E-state index contributed by atoms with van der Waals surface area (Å²) in [6.07, 6.45) is 0.623. The molecule has 0 spiro atoms. The minimum atomic E-state index is 0.0777. The van der Waals surface area contributed by atoms with Crippen molar-refractivity contribution in [2.45, 2.75) is 6.42 Å². The number of anilines is 2. The standard InChI is InChI=1S/C13H14N2O2/c14-10-3-1-9(7-13(10)17)5-8-2-4-12(16)11(15)6-8/h1-4,6-7,16-17H,5,14-15H2. The number of phenols is 2. The van der Waals surface area contributed by atoms with Crippen LogP contribution in [0.5, 0.6) is 11.5 Å². The summed E-state index contributed by atoms with van der Waals surface area (Å²) >= 11 is 0. The van der Waals surface area contributed by atoms with Crippen molar-refractivity contribution in [3.63, 3.8) is 0 Å². The van der Waals surface area contributed by atoms with Gasteiger partial charge in [0.2, 0.25) is 0 Å². The van der Waals surface area contributed by atoms with Gasteiger partial charge in [0.1, 0.15) is 11.5 Å². The van der Waals surface area contributed by atoms with E-state index in [-0.39, 0.29) is 11.5 Å². The molecule has 0 heterocycles. The van der Waals surface area contributed by atoms with Crippen LogP contribution >= 0.6 is 0 Å². The molecule has 0 unspecified atom stereocenters. The van der Waals surface area contributed by atoms with E-state index in [0.29, 0.717) is 17.8 Å². The molecule has 4 heteroatoms. The zero-order valence-corrected chi connectivity index (χ0v) is 9.22. The molecule has 0 saturated heterocycles. The maximum atomic E-state index is 9.49. The van der Waals surface area contributed by atoms with Crippen molar-refractivity contribution in [1.82, 2.24) is 0 Å². The van der Waals surface area contributed by atoms with Crippen LogP contribution in [0.3, 0.4) is 0 Å². The molecule has 0 amide bonds. The van der Waals surface area contributed by atoms with Gasteiger partial charge in [-0.3, -0.25) is 0 Å². The molecule has 0 atom stereocenters. The molecule has 2 aromatic rings. The van der Waals surface area contributed by atoms with Crippen LogP contribution in [0.25, 0.3) is 0 Å². The van der Waals surface area contributed by atoms with Crippen molar-refractivity contribution in [1.29, 1.82) is 0 Å². The summed E-state index contributed by atoms with van der Waals surface area (Å²) in [6, 6.07) is 10.2. The zero-order valence-electron chi connectivity index (χ0n) is 9.22. The van der Waals surface area contributed by atoms with E-state index in [2.05, 4.69) is 0 Å². The Hall–Kier alpha value is -2.36. The molecule has 0 aromatic heterocycles. The van der Waals surface area contributed by atoms with Gasteiger partial charge in [0.15, 0.2) is 0 Å². The first-order chi connectivity index (χ1) is 8.06. The first-order valence-corrected chi connectivity index (χ1v) is 5.21. The molecule has 0 aliphatic carbocycles. The van der Waals surface area contributed by atoms with Crippen molar-refractivity contribution >= 4 is 11.4 Å². The van der Waals surface area contributed by atoms with Crippen LogP contribution in [0, 0.1) is 0 Å². The molecule has 17 heavy (non-hydrogen) atoms. The molecule has 0 saturated carbocycles. The first kappa shape index (κ1) is 11.1. The second-order valence-electron chi connectivity index (χ2n) is 3.96. The van der Waals surface area contributed by atoms with E-state index in [9.17, 15) is 10.2 Å². The van der Waals surface area contributed by atoms with Crippen molar-refractivity contribution < 1.29 is 10.2 Å². The molecule has 6 N–H and O–H groups in total. The van der Waals surface area contributed by atoms with Gasteiger partial charge in [0, 0.05) is 0 Å². The summed E-state index contributed by atoms with van der Waals surface area (Å²) in [6.45, 7) is 0. The molecule has 0 bridgehead atoms. The predicted octanol–water partition coefficient (Wildman–Crippen LogP) is 1.85. The Bertz CT molecular complexity index is 504. The number of hydrogen-bond donors (Lipinski definition) is 4. The van der Waals surface area contributed by atoms with Crippen LogP contribution < -0.4 is 11.5 Å². The second-order valence-corrected chi connectivity index (χ2v) is 3.96. The topological polar surface area (TPSA) is 92.5 Å². The van der Waals surface area contributed by atoms with Gasteiger partial charge in [-0.15, -0.1) is 0 Å². The third kappa shape index (κ3) is 2.42. The molecule has 0 fully saturated rings. The second kappa shape index (κ2) is 4.25. The van der Waals surface area contributed by atoms with Crippen molar-refractivity contribution in [3.8, 4) is 11.5 Å². The largest absolute Gasteiger partial charge is 0.506 e. The fraction of sp³-hybridized carbons (Fsp3) is 0.0769. The molecule has 2 aromatic carbocycles. The summed E-state index contributed by atoms with van der Waals surface area (Å²) < 4.78 is 0. The lowest BCUT2D eigenvalue weighted by Gasteiger charge is -2.06. The van der Waals surface area contributed by atoms with E-state index in [0.717, 1.165) is 11.1 Å². The average Bonchev–Trinajstić information content (AvgIpc) is 2.29. The van der Waals surface area contributed by atoms with Crippen LogP contribution in [0.15, 0.2) is 36.4 Å². The monoisotopic (exact) mass is 230 g/mol. The van der Waals surface area contributed by atoms with Crippen LogP contribution in [0.4, 0.5) is 11.4 Å². The molecule has 0 aliphatic rings. The van der Waals surface area contributed by atoms with Crippen LogP contribution in [-0.4, -0.2) is 10.2 Å². The van der Waals surface area contributed by atoms with Gasteiger partial charge < -0.3 is 21.7 Å². The van der Waals surface area contributed by atoms with E-state index in [4.69, 9.17) is 11.5 Å². The van der Waals surface area contributed by atoms with E-state index in [1.54, 1.807) is 30.3 Å². The third-order valence-electron chi connectivity index (χ3n) is 2.60. The highest BCUT2D eigenvalue weighted by Gasteiger charge is 2.03. The Kier molecular flexibility index (Phi) is 2.78. The van der Waals surface area contributed by atoms with Crippen molar-refractivity contribution in [3.05, 3.63) is 47.5 Å². The van der Waals surface area contributed by atoms with E-state index in [1.165, 1.54) is 0 Å². The molecule has 0 aliphatic heterocycles. The van der Waals surface area contributed by atoms with Crippen LogP contribution in [0.1, 0.15) is 11.1 Å². The van der Waals surface area contributed by atoms with Gasteiger partial charge in [-0.05, 0) is 41.8 Å². The summed E-state index contributed by atoms with van der Waals surface area (Å²) in [5, 5.41) is 18.8. The smallest absolute Gasteiger partial charge is 0.138 e. The van der Waals surface area contributed by atoms with Gasteiger partial charge >= 0.3 is 0 Å². The molecule has 88 valence electrons. The van der Waals surface area contributed by atoms with Crippen molar-refractivity contribution in [2.24, 2.45) is 0 Å².